The van der Waals surface area contributed by atoms with Gasteiger partial charge in [-0.2, -0.15) is 0 Å². The summed E-state index contributed by atoms with van der Waals surface area (Å²) >= 11 is 0. The molecule has 0 heterocycles. The topological polar surface area (TPSA) is 20.2 Å². The summed E-state index contributed by atoms with van der Waals surface area (Å²) in [5.41, 5.74) is 0.514. The highest BCUT2D eigenvalue weighted by atomic mass is 16.3. The molecule has 3 atom stereocenters. The normalized spacial score (nSPS) is 36.6. The highest BCUT2D eigenvalue weighted by molar-refractivity contribution is 4.94. The number of hydrogen-bond donors (Lipinski definition) is 1. The van der Waals surface area contributed by atoms with Gasteiger partial charge >= 0.3 is 0 Å². The van der Waals surface area contributed by atoms with E-state index in [-0.39, 0.29) is 11.5 Å². The molecule has 0 aromatic rings. The Balaban J connectivity index is 2.81. The van der Waals surface area contributed by atoms with Crippen LogP contribution in [0.2, 0.25) is 0 Å². The Hall–Kier alpha value is -0.0400. The summed E-state index contributed by atoms with van der Waals surface area (Å²) in [7, 11) is 0. The Morgan fingerprint density at radius 1 is 1.33 bits per heavy atom. The quantitative estimate of drug-likeness (QED) is 0.737. The first-order chi connectivity index (χ1) is 6.70. The zero-order chi connectivity index (χ0) is 11.9. The van der Waals surface area contributed by atoms with Crippen LogP contribution in [-0.2, 0) is 0 Å². The van der Waals surface area contributed by atoms with Crippen molar-refractivity contribution in [1.29, 1.82) is 0 Å². The zero-order valence-corrected chi connectivity index (χ0v) is 11.3. The molecule has 1 heteroatoms. The molecule has 1 nitrogen and oxygen atoms in total. The first-order valence-corrected chi connectivity index (χ1v) is 6.39. The largest absolute Gasteiger partial charge is 0.392 e. The maximum atomic E-state index is 10.2. The Kier molecular flexibility index (Phi) is 3.55. The van der Waals surface area contributed by atoms with Crippen molar-refractivity contribution in [1.82, 2.24) is 0 Å². The Morgan fingerprint density at radius 3 is 2.27 bits per heavy atom. The van der Waals surface area contributed by atoms with E-state index in [1.165, 1.54) is 19.3 Å². The maximum Gasteiger partial charge on any atom is 0.0616 e. The van der Waals surface area contributed by atoms with E-state index in [1.807, 2.05) is 0 Å². The highest BCUT2D eigenvalue weighted by Gasteiger charge is 2.44. The minimum Gasteiger partial charge on any atom is -0.392 e. The van der Waals surface area contributed by atoms with Gasteiger partial charge in [0, 0.05) is 0 Å². The van der Waals surface area contributed by atoms with E-state index < -0.39 is 0 Å². The second-order valence-corrected chi connectivity index (χ2v) is 6.89. The molecule has 1 aliphatic rings. The smallest absolute Gasteiger partial charge is 0.0616 e. The standard InChI is InChI=1S/C14H28O/c1-7-13(3,4)11-8-10(2)12(15)14(5,6)9-11/h10-12,15H,7-9H2,1-6H3. The number of hydrogen-bond acceptors (Lipinski definition) is 1. The molecule has 1 fully saturated rings. The van der Waals surface area contributed by atoms with E-state index in [4.69, 9.17) is 0 Å². The summed E-state index contributed by atoms with van der Waals surface area (Å²) in [5, 5.41) is 10.2. The molecule has 15 heavy (non-hydrogen) atoms. The van der Waals surface area contributed by atoms with Gasteiger partial charge in [-0.3, -0.25) is 0 Å². The Bertz CT molecular complexity index is 217. The van der Waals surface area contributed by atoms with Gasteiger partial charge in [0.25, 0.3) is 0 Å². The average molecular weight is 212 g/mol. The zero-order valence-electron chi connectivity index (χ0n) is 11.3. The molecular formula is C14H28O. The number of aliphatic hydroxyl groups excluding tert-OH is 1. The molecule has 3 unspecified atom stereocenters. The lowest BCUT2D eigenvalue weighted by atomic mass is 9.59. The van der Waals surface area contributed by atoms with Crippen molar-refractivity contribution in [3.05, 3.63) is 0 Å². The van der Waals surface area contributed by atoms with E-state index >= 15 is 0 Å². The highest BCUT2D eigenvalue weighted by Crippen LogP contribution is 2.49. The molecule has 0 radical (unpaired) electrons. The van der Waals surface area contributed by atoms with Crippen LogP contribution in [0.5, 0.6) is 0 Å². The van der Waals surface area contributed by atoms with Gasteiger partial charge < -0.3 is 5.11 Å². The lowest BCUT2D eigenvalue weighted by molar-refractivity contribution is -0.0699. The van der Waals surface area contributed by atoms with Crippen LogP contribution in [0.15, 0.2) is 0 Å². The second-order valence-electron chi connectivity index (χ2n) is 6.89. The van der Waals surface area contributed by atoms with E-state index in [0.29, 0.717) is 11.3 Å². The molecular weight excluding hydrogens is 184 g/mol. The van der Waals surface area contributed by atoms with Crippen LogP contribution in [0, 0.1) is 22.7 Å². The molecule has 0 spiro atoms. The van der Waals surface area contributed by atoms with Crippen molar-refractivity contribution < 1.29 is 5.11 Å². The first kappa shape index (κ1) is 13.0. The summed E-state index contributed by atoms with van der Waals surface area (Å²) in [4.78, 5) is 0. The SMILES string of the molecule is CCC(C)(C)C1CC(C)C(O)C(C)(C)C1. The van der Waals surface area contributed by atoms with Gasteiger partial charge in [0.15, 0.2) is 0 Å². The molecule has 0 saturated heterocycles. The third-order valence-electron chi connectivity index (χ3n) is 4.78. The second kappa shape index (κ2) is 4.08. The number of aliphatic hydroxyl groups is 1. The van der Waals surface area contributed by atoms with Gasteiger partial charge in [0.1, 0.15) is 0 Å². The van der Waals surface area contributed by atoms with Crippen LogP contribution in [0.4, 0.5) is 0 Å². The summed E-state index contributed by atoms with van der Waals surface area (Å²) in [5.74, 6) is 1.21. The third-order valence-corrected chi connectivity index (χ3v) is 4.78. The van der Waals surface area contributed by atoms with Crippen LogP contribution in [0.1, 0.15) is 60.8 Å². The molecule has 0 amide bonds. The van der Waals surface area contributed by atoms with Crippen LogP contribution < -0.4 is 0 Å². The summed E-state index contributed by atoms with van der Waals surface area (Å²) in [6.45, 7) is 13.7. The molecule has 1 aliphatic carbocycles. The van der Waals surface area contributed by atoms with E-state index in [2.05, 4.69) is 41.5 Å². The fraction of sp³-hybridized carbons (Fsp3) is 1.00. The van der Waals surface area contributed by atoms with Crippen molar-refractivity contribution in [2.75, 3.05) is 0 Å². The summed E-state index contributed by atoms with van der Waals surface area (Å²) in [6.07, 6.45) is 3.46. The lowest BCUT2D eigenvalue weighted by Crippen LogP contribution is -2.45. The monoisotopic (exact) mass is 212 g/mol. The molecule has 1 rings (SSSR count). The molecule has 0 aliphatic heterocycles. The van der Waals surface area contributed by atoms with E-state index in [0.717, 1.165) is 5.92 Å². The first-order valence-electron chi connectivity index (χ1n) is 6.39. The molecule has 0 bridgehead atoms. The predicted octanol–water partition coefficient (Wildman–Crippen LogP) is 3.86. The molecule has 0 aromatic heterocycles. The molecule has 1 N–H and O–H groups in total. The van der Waals surface area contributed by atoms with Gasteiger partial charge in [-0.25, -0.2) is 0 Å². The van der Waals surface area contributed by atoms with Crippen LogP contribution in [0.3, 0.4) is 0 Å². The minimum atomic E-state index is -0.124. The van der Waals surface area contributed by atoms with Gasteiger partial charge in [-0.1, -0.05) is 48.0 Å². The fourth-order valence-corrected chi connectivity index (χ4v) is 3.07. The van der Waals surface area contributed by atoms with Gasteiger partial charge in [-0.15, -0.1) is 0 Å². The van der Waals surface area contributed by atoms with Crippen molar-refractivity contribution in [2.24, 2.45) is 22.7 Å². The van der Waals surface area contributed by atoms with Gasteiger partial charge in [0.05, 0.1) is 6.10 Å². The van der Waals surface area contributed by atoms with Crippen molar-refractivity contribution >= 4 is 0 Å². The van der Waals surface area contributed by atoms with Crippen molar-refractivity contribution in [3.63, 3.8) is 0 Å². The predicted molar refractivity (Wildman–Crippen MR) is 65.7 cm³/mol. The maximum absolute atomic E-state index is 10.2. The Labute approximate surface area is 95.3 Å². The molecule has 1 saturated carbocycles. The summed E-state index contributed by atoms with van der Waals surface area (Å²) < 4.78 is 0. The third kappa shape index (κ3) is 2.55. The van der Waals surface area contributed by atoms with Crippen LogP contribution >= 0.6 is 0 Å². The Morgan fingerprint density at radius 2 is 1.87 bits per heavy atom. The average Bonchev–Trinajstić information content (AvgIpc) is 2.13. The van der Waals surface area contributed by atoms with Gasteiger partial charge in [-0.05, 0) is 35.5 Å². The fourth-order valence-electron chi connectivity index (χ4n) is 3.07. The van der Waals surface area contributed by atoms with E-state index in [1.54, 1.807) is 0 Å². The van der Waals surface area contributed by atoms with Crippen LogP contribution in [0.25, 0.3) is 0 Å². The van der Waals surface area contributed by atoms with E-state index in [9.17, 15) is 5.11 Å². The van der Waals surface area contributed by atoms with Crippen molar-refractivity contribution in [3.8, 4) is 0 Å². The molecule has 90 valence electrons. The van der Waals surface area contributed by atoms with Crippen molar-refractivity contribution in [2.45, 2.75) is 66.9 Å². The van der Waals surface area contributed by atoms with Crippen LogP contribution in [-0.4, -0.2) is 11.2 Å². The minimum absolute atomic E-state index is 0.0920. The number of rotatable bonds is 2. The molecule has 0 aromatic carbocycles. The van der Waals surface area contributed by atoms with Gasteiger partial charge in [0.2, 0.25) is 0 Å². The lowest BCUT2D eigenvalue weighted by Gasteiger charge is -2.48. The summed E-state index contributed by atoms with van der Waals surface area (Å²) in [6, 6.07) is 0.